The molecule has 0 spiro atoms. The molecule has 50 heavy (non-hydrogen) atoms. The Hall–Kier alpha value is -1.69. The van der Waals surface area contributed by atoms with Crippen LogP contribution in [-0.2, 0) is 4.79 Å². The van der Waals surface area contributed by atoms with Gasteiger partial charge < -0.3 is 20.6 Å². The summed E-state index contributed by atoms with van der Waals surface area (Å²) in [6.07, 6.45) is 51.4. The summed E-state index contributed by atoms with van der Waals surface area (Å²) < 4.78 is 0. The SMILES string of the molecule is CCCCCC/C=C/CC/C=C/CC/C=C/C(O)C(CO)NC(=O)C(O)CCCCCCCC/C=C\CCCCCCCCCCCCCC. The number of hydrogen-bond donors (Lipinski definition) is 4. The predicted octanol–water partition coefficient (Wildman–Crippen LogP) is 12.2. The number of amides is 1. The molecule has 4 N–H and O–H groups in total. The normalized spacial score (nSPS) is 14.1. The molecule has 0 bridgehead atoms. The molecule has 1 amide bonds. The molecule has 0 aliphatic rings. The number of carbonyl (C=O) groups excluding carboxylic acids is 1. The average Bonchev–Trinajstić information content (AvgIpc) is 3.12. The molecule has 0 aliphatic carbocycles. The lowest BCUT2D eigenvalue weighted by Crippen LogP contribution is -2.48. The van der Waals surface area contributed by atoms with Crippen LogP contribution in [0.25, 0.3) is 0 Å². The first kappa shape index (κ1) is 48.3. The third-order valence-electron chi connectivity index (χ3n) is 9.62. The summed E-state index contributed by atoms with van der Waals surface area (Å²) in [7, 11) is 0. The minimum atomic E-state index is -1.11. The molecule has 0 fully saturated rings. The molecule has 0 aromatic carbocycles. The van der Waals surface area contributed by atoms with E-state index in [1.54, 1.807) is 6.08 Å². The molecular formula is C45H83NO4. The maximum atomic E-state index is 12.4. The van der Waals surface area contributed by atoms with Crippen molar-refractivity contribution in [1.82, 2.24) is 5.32 Å². The van der Waals surface area contributed by atoms with E-state index in [9.17, 15) is 20.1 Å². The van der Waals surface area contributed by atoms with Crippen molar-refractivity contribution in [2.45, 2.75) is 225 Å². The Kier molecular flexibility index (Phi) is 38.7. The Morgan fingerprint density at radius 2 is 0.820 bits per heavy atom. The van der Waals surface area contributed by atoms with Gasteiger partial charge in [0.1, 0.15) is 6.10 Å². The maximum absolute atomic E-state index is 12.4. The molecule has 0 aromatic heterocycles. The summed E-state index contributed by atoms with van der Waals surface area (Å²) in [5.41, 5.74) is 0. The van der Waals surface area contributed by atoms with Crippen LogP contribution in [0.2, 0.25) is 0 Å². The molecular weight excluding hydrogens is 618 g/mol. The van der Waals surface area contributed by atoms with Gasteiger partial charge in [-0.15, -0.1) is 0 Å². The van der Waals surface area contributed by atoms with Crippen LogP contribution in [-0.4, -0.2) is 46.1 Å². The van der Waals surface area contributed by atoms with Crippen LogP contribution < -0.4 is 5.32 Å². The van der Waals surface area contributed by atoms with Gasteiger partial charge in [-0.3, -0.25) is 4.79 Å². The van der Waals surface area contributed by atoms with E-state index >= 15 is 0 Å². The molecule has 0 aliphatic heterocycles. The monoisotopic (exact) mass is 702 g/mol. The Morgan fingerprint density at radius 1 is 0.480 bits per heavy atom. The number of aliphatic hydroxyl groups excluding tert-OH is 3. The van der Waals surface area contributed by atoms with Crippen molar-refractivity contribution in [3.8, 4) is 0 Å². The Balaban J connectivity index is 3.73. The third kappa shape index (κ3) is 34.7. The van der Waals surface area contributed by atoms with Crippen molar-refractivity contribution in [2.75, 3.05) is 6.61 Å². The zero-order valence-corrected chi connectivity index (χ0v) is 33.0. The smallest absolute Gasteiger partial charge is 0.249 e. The van der Waals surface area contributed by atoms with Crippen molar-refractivity contribution in [2.24, 2.45) is 0 Å². The lowest BCUT2D eigenvalue weighted by molar-refractivity contribution is -0.131. The summed E-state index contributed by atoms with van der Waals surface area (Å²) in [6.45, 7) is 4.14. The van der Waals surface area contributed by atoms with Crippen LogP contribution in [0.3, 0.4) is 0 Å². The first-order chi connectivity index (χ1) is 24.6. The molecule has 3 unspecified atom stereocenters. The summed E-state index contributed by atoms with van der Waals surface area (Å²) in [4.78, 5) is 12.4. The molecule has 5 heteroatoms. The number of nitrogens with one attached hydrogen (secondary N) is 1. The van der Waals surface area contributed by atoms with Gasteiger partial charge in [0.05, 0.1) is 18.8 Å². The van der Waals surface area contributed by atoms with Crippen molar-refractivity contribution in [3.63, 3.8) is 0 Å². The largest absolute Gasteiger partial charge is 0.394 e. The molecule has 0 aromatic rings. The number of hydrogen-bond acceptors (Lipinski definition) is 4. The lowest BCUT2D eigenvalue weighted by Gasteiger charge is -2.21. The van der Waals surface area contributed by atoms with Crippen molar-refractivity contribution < 1.29 is 20.1 Å². The van der Waals surface area contributed by atoms with Gasteiger partial charge in [0, 0.05) is 0 Å². The summed E-state index contributed by atoms with van der Waals surface area (Å²) >= 11 is 0. The fraction of sp³-hybridized carbons (Fsp3) is 0.800. The van der Waals surface area contributed by atoms with Crippen LogP contribution in [0, 0.1) is 0 Å². The van der Waals surface area contributed by atoms with Gasteiger partial charge in [-0.1, -0.05) is 184 Å². The third-order valence-corrected chi connectivity index (χ3v) is 9.62. The highest BCUT2D eigenvalue weighted by atomic mass is 16.3. The van der Waals surface area contributed by atoms with E-state index in [0.717, 1.165) is 44.9 Å². The van der Waals surface area contributed by atoms with E-state index in [0.29, 0.717) is 6.42 Å². The number of allylic oxidation sites excluding steroid dienone is 7. The number of rotatable bonds is 38. The zero-order chi connectivity index (χ0) is 36.6. The second-order valence-electron chi connectivity index (χ2n) is 14.5. The van der Waals surface area contributed by atoms with Crippen LogP contribution in [0.15, 0.2) is 48.6 Å². The number of carbonyl (C=O) groups is 1. The lowest BCUT2D eigenvalue weighted by atomic mass is 10.0. The second kappa shape index (κ2) is 40.1. The molecule has 0 heterocycles. The van der Waals surface area contributed by atoms with Gasteiger partial charge in [0.2, 0.25) is 5.91 Å². The topological polar surface area (TPSA) is 89.8 Å². The van der Waals surface area contributed by atoms with Gasteiger partial charge >= 0.3 is 0 Å². The summed E-state index contributed by atoms with van der Waals surface area (Å²) in [5.74, 6) is -0.523. The van der Waals surface area contributed by atoms with Crippen LogP contribution >= 0.6 is 0 Å². The molecule has 292 valence electrons. The molecule has 5 nitrogen and oxygen atoms in total. The molecule has 0 saturated heterocycles. The van der Waals surface area contributed by atoms with Gasteiger partial charge in [-0.25, -0.2) is 0 Å². The molecule has 3 atom stereocenters. The van der Waals surface area contributed by atoms with Crippen LogP contribution in [0.4, 0.5) is 0 Å². The predicted molar refractivity (Wildman–Crippen MR) is 217 cm³/mol. The van der Waals surface area contributed by atoms with Gasteiger partial charge in [-0.05, 0) is 70.6 Å². The standard InChI is InChI=1S/C45H83NO4/c1-3-5-7-9-11-13-15-17-19-20-21-22-23-24-25-26-28-30-32-34-36-38-40-44(49)45(50)46-42(41-47)43(48)39-37-35-33-31-29-27-18-16-14-12-10-8-6-4-2/h14,16,24-25,29,31,37,39,42-44,47-49H,3-13,15,17-23,26-28,30,32-36,38,40-41H2,1-2H3,(H,46,50)/b16-14+,25-24-,31-29+,39-37+. The Labute approximate surface area is 310 Å². The zero-order valence-electron chi connectivity index (χ0n) is 33.0. The molecule has 0 rings (SSSR count). The van der Waals surface area contributed by atoms with Crippen molar-refractivity contribution in [1.29, 1.82) is 0 Å². The highest BCUT2D eigenvalue weighted by Crippen LogP contribution is 2.14. The van der Waals surface area contributed by atoms with Gasteiger partial charge in [0.15, 0.2) is 0 Å². The minimum absolute atomic E-state index is 0.384. The minimum Gasteiger partial charge on any atom is -0.394 e. The van der Waals surface area contributed by atoms with Gasteiger partial charge in [0.25, 0.3) is 0 Å². The van der Waals surface area contributed by atoms with E-state index in [1.165, 1.54) is 141 Å². The maximum Gasteiger partial charge on any atom is 0.249 e. The van der Waals surface area contributed by atoms with E-state index in [2.05, 4.69) is 55.6 Å². The number of unbranched alkanes of at least 4 members (excludes halogenated alkanes) is 24. The fourth-order valence-corrected chi connectivity index (χ4v) is 6.21. The number of aliphatic hydroxyl groups is 3. The Bertz CT molecular complexity index is 820. The van der Waals surface area contributed by atoms with Crippen molar-refractivity contribution in [3.05, 3.63) is 48.6 Å². The molecule has 0 radical (unpaired) electrons. The quantitative estimate of drug-likeness (QED) is 0.0381. The fourth-order valence-electron chi connectivity index (χ4n) is 6.21. The highest BCUT2D eigenvalue weighted by Gasteiger charge is 2.22. The first-order valence-electron chi connectivity index (χ1n) is 21.5. The van der Waals surface area contributed by atoms with Crippen LogP contribution in [0.5, 0.6) is 0 Å². The highest BCUT2D eigenvalue weighted by molar-refractivity contribution is 5.80. The van der Waals surface area contributed by atoms with Crippen molar-refractivity contribution >= 4 is 5.91 Å². The van der Waals surface area contributed by atoms with Gasteiger partial charge in [-0.2, -0.15) is 0 Å². The van der Waals surface area contributed by atoms with E-state index in [-0.39, 0.29) is 6.61 Å². The van der Waals surface area contributed by atoms with E-state index < -0.39 is 24.2 Å². The van der Waals surface area contributed by atoms with E-state index in [4.69, 9.17) is 0 Å². The van der Waals surface area contributed by atoms with Crippen LogP contribution in [0.1, 0.15) is 206 Å². The Morgan fingerprint density at radius 3 is 1.24 bits per heavy atom. The summed E-state index contributed by atoms with van der Waals surface area (Å²) in [6, 6.07) is -0.823. The van der Waals surface area contributed by atoms with E-state index in [1.807, 2.05) is 6.08 Å². The molecule has 0 saturated carbocycles. The first-order valence-corrected chi connectivity index (χ1v) is 21.5. The summed E-state index contributed by atoms with van der Waals surface area (Å²) in [5, 5.41) is 33.0. The average molecular weight is 702 g/mol. The second-order valence-corrected chi connectivity index (χ2v) is 14.5.